The van der Waals surface area contributed by atoms with Gasteiger partial charge in [0.25, 0.3) is 0 Å². The molecule has 0 aliphatic rings. The smallest absolute Gasteiger partial charge is 0.0532 e. The molecule has 0 radical (unpaired) electrons. The minimum Gasteiger partial charge on any atom is -0.250 e. The van der Waals surface area contributed by atoms with Crippen LogP contribution in [-0.2, 0) is 0 Å². The van der Waals surface area contributed by atoms with Gasteiger partial charge in [0, 0.05) is 19.0 Å². The van der Waals surface area contributed by atoms with Crippen molar-refractivity contribution < 1.29 is 0 Å². The van der Waals surface area contributed by atoms with Crippen molar-refractivity contribution in [1.82, 2.24) is 10.4 Å². The molecule has 2 nitrogen and oxygen atoms in total. The molecule has 0 spiro atoms. The van der Waals surface area contributed by atoms with E-state index in [2.05, 4.69) is 30.7 Å². The van der Waals surface area contributed by atoms with E-state index in [0.717, 1.165) is 0 Å². The number of hydrogen-bond donors (Lipinski definition) is 1. The van der Waals surface area contributed by atoms with Crippen molar-refractivity contribution in [2.24, 2.45) is 0 Å². The predicted molar refractivity (Wildman–Crippen MR) is 54.3 cm³/mol. The SMILES string of the molecule is Cc1ccsc1C(C)NN(C)C. The summed E-state index contributed by atoms with van der Waals surface area (Å²) in [6, 6.07) is 2.58. The Bertz CT molecular complexity index is 242. The predicted octanol–water partition coefficient (Wildman–Crippen LogP) is 2.18. The third-order valence-electron chi connectivity index (χ3n) is 1.75. The van der Waals surface area contributed by atoms with Crippen molar-refractivity contribution in [3.05, 3.63) is 21.9 Å². The van der Waals surface area contributed by atoms with Crippen LogP contribution in [0.2, 0.25) is 0 Å². The van der Waals surface area contributed by atoms with Crippen LogP contribution in [0.25, 0.3) is 0 Å². The Kier molecular flexibility index (Phi) is 3.26. The Morgan fingerprint density at radius 1 is 1.50 bits per heavy atom. The average molecular weight is 184 g/mol. The van der Waals surface area contributed by atoms with Crippen LogP contribution in [0.5, 0.6) is 0 Å². The highest BCUT2D eigenvalue weighted by molar-refractivity contribution is 7.10. The van der Waals surface area contributed by atoms with Gasteiger partial charge in [0.15, 0.2) is 0 Å². The molecule has 0 fully saturated rings. The summed E-state index contributed by atoms with van der Waals surface area (Å²) >= 11 is 1.81. The summed E-state index contributed by atoms with van der Waals surface area (Å²) in [5.41, 5.74) is 4.71. The van der Waals surface area contributed by atoms with E-state index in [4.69, 9.17) is 0 Å². The fourth-order valence-electron chi connectivity index (χ4n) is 1.27. The molecule has 1 N–H and O–H groups in total. The summed E-state index contributed by atoms with van der Waals surface area (Å²) in [6.45, 7) is 4.33. The van der Waals surface area contributed by atoms with Crippen LogP contribution >= 0.6 is 11.3 Å². The second kappa shape index (κ2) is 4.03. The van der Waals surface area contributed by atoms with Crippen molar-refractivity contribution in [2.45, 2.75) is 19.9 Å². The second-order valence-electron chi connectivity index (χ2n) is 3.21. The van der Waals surface area contributed by atoms with Crippen molar-refractivity contribution in [2.75, 3.05) is 14.1 Å². The lowest BCUT2D eigenvalue weighted by Crippen LogP contribution is -2.32. The minimum atomic E-state index is 0.417. The highest BCUT2D eigenvalue weighted by atomic mass is 32.1. The van der Waals surface area contributed by atoms with Gasteiger partial charge >= 0.3 is 0 Å². The van der Waals surface area contributed by atoms with Crippen LogP contribution in [0.15, 0.2) is 11.4 Å². The first-order valence-corrected chi connectivity index (χ1v) is 4.96. The van der Waals surface area contributed by atoms with Crippen molar-refractivity contribution >= 4 is 11.3 Å². The summed E-state index contributed by atoms with van der Waals surface area (Å²) in [5.74, 6) is 0. The van der Waals surface area contributed by atoms with E-state index < -0.39 is 0 Å². The van der Waals surface area contributed by atoms with Gasteiger partial charge in [-0.05, 0) is 30.9 Å². The normalized spacial score (nSPS) is 13.8. The van der Waals surface area contributed by atoms with Crippen LogP contribution < -0.4 is 5.43 Å². The van der Waals surface area contributed by atoms with E-state index in [9.17, 15) is 0 Å². The van der Waals surface area contributed by atoms with Crippen LogP contribution in [0.4, 0.5) is 0 Å². The summed E-state index contributed by atoms with van der Waals surface area (Å²) in [6.07, 6.45) is 0. The maximum absolute atomic E-state index is 3.33. The van der Waals surface area contributed by atoms with E-state index >= 15 is 0 Å². The molecule has 1 atom stereocenters. The van der Waals surface area contributed by atoms with Gasteiger partial charge < -0.3 is 0 Å². The highest BCUT2D eigenvalue weighted by Crippen LogP contribution is 2.23. The van der Waals surface area contributed by atoms with Gasteiger partial charge in [-0.15, -0.1) is 11.3 Å². The maximum Gasteiger partial charge on any atom is 0.0532 e. The lowest BCUT2D eigenvalue weighted by Gasteiger charge is -2.18. The molecule has 0 amide bonds. The molecular formula is C9H16N2S. The molecule has 0 aliphatic carbocycles. The number of hydrogen-bond acceptors (Lipinski definition) is 3. The van der Waals surface area contributed by atoms with Crippen LogP contribution in [-0.4, -0.2) is 19.1 Å². The zero-order valence-corrected chi connectivity index (χ0v) is 8.90. The zero-order chi connectivity index (χ0) is 9.14. The zero-order valence-electron chi connectivity index (χ0n) is 8.09. The number of aryl methyl sites for hydroxylation is 1. The third-order valence-corrected chi connectivity index (χ3v) is 2.95. The lowest BCUT2D eigenvalue weighted by molar-refractivity contribution is 0.253. The first kappa shape index (κ1) is 9.71. The van der Waals surface area contributed by atoms with Gasteiger partial charge in [0.2, 0.25) is 0 Å². The van der Waals surface area contributed by atoms with Gasteiger partial charge in [-0.2, -0.15) is 0 Å². The molecule has 1 unspecified atom stereocenters. The minimum absolute atomic E-state index is 0.417. The quantitative estimate of drug-likeness (QED) is 0.724. The molecule has 0 aromatic carbocycles. The standard InChI is InChI=1S/C9H16N2S/c1-7-5-6-12-9(7)8(2)10-11(3)4/h5-6,8,10H,1-4H3. The van der Waals surface area contributed by atoms with Gasteiger partial charge in [0.1, 0.15) is 0 Å². The average Bonchev–Trinajstić information content (AvgIpc) is 2.33. The molecule has 0 bridgehead atoms. The monoisotopic (exact) mass is 184 g/mol. The Hall–Kier alpha value is -0.380. The first-order valence-electron chi connectivity index (χ1n) is 4.08. The summed E-state index contributed by atoms with van der Waals surface area (Å²) in [4.78, 5) is 1.42. The fraction of sp³-hybridized carbons (Fsp3) is 0.556. The molecule has 1 aromatic rings. The van der Waals surface area contributed by atoms with Crippen LogP contribution in [0.1, 0.15) is 23.4 Å². The van der Waals surface area contributed by atoms with E-state index in [0.29, 0.717) is 6.04 Å². The van der Waals surface area contributed by atoms with Gasteiger partial charge in [0.05, 0.1) is 6.04 Å². The summed E-state index contributed by atoms with van der Waals surface area (Å²) in [7, 11) is 4.03. The molecule has 1 heterocycles. The lowest BCUT2D eigenvalue weighted by atomic mass is 10.2. The summed E-state index contributed by atoms with van der Waals surface area (Å²) in [5, 5.41) is 4.13. The molecule has 1 rings (SSSR count). The number of rotatable bonds is 3. The molecular weight excluding hydrogens is 168 g/mol. The fourth-order valence-corrected chi connectivity index (χ4v) is 2.20. The maximum atomic E-state index is 3.33. The Morgan fingerprint density at radius 2 is 2.17 bits per heavy atom. The van der Waals surface area contributed by atoms with E-state index in [1.54, 1.807) is 0 Å². The number of hydrazine groups is 1. The Balaban J connectivity index is 2.65. The van der Waals surface area contributed by atoms with Crippen molar-refractivity contribution in [3.8, 4) is 0 Å². The second-order valence-corrected chi connectivity index (χ2v) is 4.16. The first-order chi connectivity index (χ1) is 5.61. The van der Waals surface area contributed by atoms with Crippen molar-refractivity contribution in [1.29, 1.82) is 0 Å². The molecule has 1 aromatic heterocycles. The Morgan fingerprint density at radius 3 is 2.58 bits per heavy atom. The van der Waals surface area contributed by atoms with Crippen molar-refractivity contribution in [3.63, 3.8) is 0 Å². The molecule has 0 aliphatic heterocycles. The van der Waals surface area contributed by atoms with Gasteiger partial charge in [-0.3, -0.25) is 5.01 Å². The summed E-state index contributed by atoms with van der Waals surface area (Å²) < 4.78 is 0. The topological polar surface area (TPSA) is 15.3 Å². The number of nitrogens with one attached hydrogen (secondary N) is 1. The molecule has 0 saturated carbocycles. The van der Waals surface area contributed by atoms with Crippen LogP contribution in [0.3, 0.4) is 0 Å². The van der Waals surface area contributed by atoms with E-state index in [1.807, 2.05) is 30.4 Å². The Labute approximate surface area is 78.2 Å². The molecule has 12 heavy (non-hydrogen) atoms. The number of thiophene rings is 1. The van der Waals surface area contributed by atoms with Gasteiger partial charge in [-0.1, -0.05) is 0 Å². The van der Waals surface area contributed by atoms with Gasteiger partial charge in [-0.25, -0.2) is 5.43 Å². The molecule has 0 saturated heterocycles. The van der Waals surface area contributed by atoms with E-state index in [-0.39, 0.29) is 0 Å². The molecule has 3 heteroatoms. The largest absolute Gasteiger partial charge is 0.250 e. The van der Waals surface area contributed by atoms with Crippen LogP contribution in [0, 0.1) is 6.92 Å². The highest BCUT2D eigenvalue weighted by Gasteiger charge is 2.09. The number of nitrogens with zero attached hydrogens (tertiary/aromatic N) is 1. The third kappa shape index (κ3) is 2.30. The molecule has 68 valence electrons. The van der Waals surface area contributed by atoms with E-state index in [1.165, 1.54) is 10.4 Å².